The van der Waals surface area contributed by atoms with E-state index in [0.29, 0.717) is 25.0 Å². The molecule has 288 valence electrons. The summed E-state index contributed by atoms with van der Waals surface area (Å²) in [7, 11) is -42.8. The van der Waals surface area contributed by atoms with Gasteiger partial charge in [-0.05, 0) is 30.4 Å². The van der Waals surface area contributed by atoms with E-state index >= 15 is 0 Å². The summed E-state index contributed by atoms with van der Waals surface area (Å²) in [6, 6.07) is 0. The van der Waals surface area contributed by atoms with Crippen molar-refractivity contribution >= 4 is 132 Å². The van der Waals surface area contributed by atoms with E-state index in [1.807, 2.05) is 0 Å². The molecule has 51 heavy (non-hydrogen) atoms. The third-order valence-corrected chi connectivity index (χ3v) is 16.2. The third kappa shape index (κ3) is 29.6. The van der Waals surface area contributed by atoms with Crippen molar-refractivity contribution in [1.82, 2.24) is 0 Å². The molecule has 0 aliphatic carbocycles. The molecular formula is C12H20O28P8Sn3. The summed E-state index contributed by atoms with van der Waals surface area (Å²) in [5, 5.41) is 33.6. The smallest absolute Gasteiger partial charge is 0.809 e. The predicted molar refractivity (Wildman–Crippen MR) is 147 cm³/mol. The standard InChI is InChI=1S/4C3H8O7P2.3Sn/c4*1-2-10-12(8,9)3(4)11(5,6)7;;;/h4*2-4H,1H2,(H,8,9)(H2,5,6,7);;;/q;;;;3*+4/p-12. The molecule has 0 heterocycles. The molecule has 0 radical (unpaired) electrons. The van der Waals surface area contributed by atoms with Crippen molar-refractivity contribution in [3.63, 3.8) is 0 Å². The van der Waals surface area contributed by atoms with Crippen LogP contribution in [0.1, 0.15) is 0 Å². The Morgan fingerprint density at radius 1 is 0.353 bits per heavy atom. The SMILES string of the molecule is C=COP(=O)([O-])C(O)P(=O)([O-])[O-].C=COP(=O)([O-])C(O)P(=O)([O-])[O-].C=COP(=O)([O-])C(O)P(=O)([O-])[O-].C=COP(=O)([O-])C(O)P(=O)([O-])[O-].[Sn+4].[Sn+4].[Sn+4]. The molecule has 0 aliphatic rings. The summed E-state index contributed by atoms with van der Waals surface area (Å²) in [6.07, 6.45) is 1.58. The van der Waals surface area contributed by atoms with Gasteiger partial charge in [0.2, 0.25) is 30.4 Å². The van der Waals surface area contributed by atoms with Crippen LogP contribution in [0.4, 0.5) is 0 Å². The van der Waals surface area contributed by atoms with Crippen molar-refractivity contribution in [2.45, 2.75) is 22.3 Å². The van der Waals surface area contributed by atoms with E-state index < -0.39 is 83.1 Å². The third-order valence-electron chi connectivity index (χ3n) is 3.15. The predicted octanol–water partition coefficient (Wildman–Crippen LogP) is -9.58. The average molecular weight is 1220 g/mol. The van der Waals surface area contributed by atoms with E-state index in [-0.39, 0.29) is 71.7 Å². The van der Waals surface area contributed by atoms with Gasteiger partial charge in [0.1, 0.15) is 0 Å². The summed E-state index contributed by atoms with van der Waals surface area (Å²) >= 11 is 0. The van der Waals surface area contributed by atoms with Crippen LogP contribution in [0.5, 0.6) is 0 Å². The van der Waals surface area contributed by atoms with Gasteiger partial charge < -0.3 is 116 Å². The Hall–Kier alpha value is 1.76. The van der Waals surface area contributed by atoms with Crippen molar-refractivity contribution in [3.8, 4) is 0 Å². The zero-order valence-corrected chi connectivity index (χ0v) is 39.8. The van der Waals surface area contributed by atoms with Crippen molar-refractivity contribution < 1.29 is 134 Å². The minimum absolute atomic E-state index is 0. The van der Waals surface area contributed by atoms with Gasteiger partial charge >= 0.3 is 71.7 Å². The maximum atomic E-state index is 10.5. The number of aliphatic hydroxyl groups excluding tert-OH is 4. The quantitative estimate of drug-likeness (QED) is 0.0633. The number of hydrogen-bond acceptors (Lipinski definition) is 28. The Kier molecular flexibility index (Phi) is 36.3. The molecule has 8 atom stereocenters. The van der Waals surface area contributed by atoms with Crippen LogP contribution in [0.25, 0.3) is 0 Å². The molecule has 0 aromatic rings. The van der Waals surface area contributed by atoms with E-state index in [0.717, 1.165) is 0 Å². The summed E-state index contributed by atoms with van der Waals surface area (Å²) in [6.45, 7) is 11.2. The summed E-state index contributed by atoms with van der Waals surface area (Å²) in [5.74, 6) is 0. The average Bonchev–Trinajstić information content (AvgIpc) is 2.85. The minimum atomic E-state index is -5.60. The van der Waals surface area contributed by atoms with Gasteiger partial charge in [-0.2, -0.15) is 0 Å². The Morgan fingerprint density at radius 3 is 0.510 bits per heavy atom. The zero-order chi connectivity index (χ0) is 40.0. The number of hydrogen-bond donors (Lipinski definition) is 4. The monoisotopic (exact) mass is 1220 g/mol. The molecular weight excluding hydrogens is 1200 g/mol. The van der Waals surface area contributed by atoms with Gasteiger partial charge in [0.25, 0.3) is 0 Å². The summed E-state index contributed by atoms with van der Waals surface area (Å²) < 4.78 is 96.5. The fourth-order valence-electron chi connectivity index (χ4n) is 1.33. The van der Waals surface area contributed by atoms with Crippen LogP contribution in [0.3, 0.4) is 0 Å². The molecule has 0 spiro atoms. The van der Waals surface area contributed by atoms with Crippen LogP contribution in [0.15, 0.2) is 51.4 Å². The van der Waals surface area contributed by atoms with Crippen LogP contribution in [-0.2, 0) is 54.6 Å². The Morgan fingerprint density at radius 2 is 0.451 bits per heavy atom. The molecule has 0 aromatic heterocycles. The molecule has 28 nitrogen and oxygen atoms in total. The van der Waals surface area contributed by atoms with Crippen LogP contribution in [0, 0.1) is 0 Å². The first-order chi connectivity index (χ1) is 20.9. The second-order valence-corrected chi connectivity index (χ2v) is 21.8. The van der Waals surface area contributed by atoms with E-state index in [1.165, 1.54) is 0 Å². The molecule has 8 unspecified atom stereocenters. The summed E-state index contributed by atoms with van der Waals surface area (Å²) in [4.78, 5) is 122. The molecule has 0 saturated heterocycles. The molecule has 0 aliphatic heterocycles. The molecule has 0 rings (SSSR count). The van der Waals surface area contributed by atoms with Gasteiger partial charge in [-0.25, -0.2) is 0 Å². The molecule has 39 heteroatoms. The normalized spacial score (nSPS) is 18.2. The molecule has 0 saturated carbocycles. The van der Waals surface area contributed by atoms with Crippen LogP contribution in [0.2, 0.25) is 0 Å². The second kappa shape index (κ2) is 27.4. The van der Waals surface area contributed by atoms with Crippen molar-refractivity contribution in [2.24, 2.45) is 0 Å². The first-order valence-electron chi connectivity index (χ1n) is 10.1. The Balaban J connectivity index is -0.0000000993. The van der Waals surface area contributed by atoms with Gasteiger partial charge in [-0.3, -0.25) is 18.3 Å². The number of rotatable bonds is 16. The van der Waals surface area contributed by atoms with Gasteiger partial charge in [0.05, 0.1) is 25.0 Å². The Labute approximate surface area is 337 Å². The maximum Gasteiger partial charge on any atom is 4.00 e. The van der Waals surface area contributed by atoms with E-state index in [4.69, 9.17) is 20.4 Å². The minimum Gasteiger partial charge on any atom is -0.809 e. The Bertz CT molecular complexity index is 1250. The maximum absolute atomic E-state index is 10.5. The van der Waals surface area contributed by atoms with Crippen LogP contribution < -0.4 is 58.7 Å². The second-order valence-electron chi connectivity index (χ2n) is 6.79. The van der Waals surface area contributed by atoms with Crippen molar-refractivity contribution in [2.75, 3.05) is 0 Å². The topological polar surface area (TPSA) is 531 Å². The first kappa shape index (κ1) is 67.5. The van der Waals surface area contributed by atoms with Crippen LogP contribution in [-0.4, -0.2) is 114 Å². The number of aliphatic hydroxyl groups is 4. The van der Waals surface area contributed by atoms with Gasteiger partial charge in [0, 0.05) is 0 Å². The first-order valence-corrected chi connectivity index (χ1v) is 23.0. The molecule has 0 bridgehead atoms. The molecule has 4 N–H and O–H groups in total. The van der Waals surface area contributed by atoms with E-state index in [1.54, 1.807) is 0 Å². The molecule has 0 fully saturated rings. The van der Waals surface area contributed by atoms with E-state index in [2.05, 4.69) is 44.4 Å². The van der Waals surface area contributed by atoms with Crippen molar-refractivity contribution in [3.05, 3.63) is 51.4 Å². The van der Waals surface area contributed by atoms with Gasteiger partial charge in [-0.15, -0.1) is 0 Å². The van der Waals surface area contributed by atoms with Gasteiger partial charge in [0.15, 0.2) is 22.3 Å². The zero-order valence-electron chi connectivity index (χ0n) is 24.1. The van der Waals surface area contributed by atoms with Crippen molar-refractivity contribution in [1.29, 1.82) is 0 Å². The fraction of sp³-hybridized carbons (Fsp3) is 0.333. The largest absolute Gasteiger partial charge is 4.00 e. The van der Waals surface area contributed by atoms with E-state index in [9.17, 15) is 95.2 Å². The summed E-state index contributed by atoms with van der Waals surface area (Å²) in [5.41, 5.74) is -12.3. The fourth-order valence-corrected chi connectivity index (χ4v) is 8.79. The molecule has 0 amide bonds. The van der Waals surface area contributed by atoms with Gasteiger partial charge in [-0.1, -0.05) is 26.3 Å². The van der Waals surface area contributed by atoms with Crippen LogP contribution >= 0.6 is 60.8 Å². The molecule has 0 aromatic carbocycles.